The van der Waals surface area contributed by atoms with Crippen LogP contribution in [0.2, 0.25) is 0 Å². The average molecular weight is 345 g/mol. The summed E-state index contributed by atoms with van der Waals surface area (Å²) < 4.78 is 32.7. The Kier molecular flexibility index (Phi) is 4.32. The molecule has 0 spiro atoms. The Morgan fingerprint density at radius 2 is 2.04 bits per heavy atom. The third-order valence-corrected chi connectivity index (χ3v) is 4.82. The molecule has 1 aromatic carbocycles. The number of piperidine rings is 1. The molecule has 2 aliphatic heterocycles. The minimum atomic E-state index is -0.274. The molecule has 1 aromatic heterocycles. The van der Waals surface area contributed by atoms with Crippen molar-refractivity contribution in [3.05, 3.63) is 35.6 Å². The summed E-state index contributed by atoms with van der Waals surface area (Å²) >= 11 is 1.07. The molecule has 2 fully saturated rings. The summed E-state index contributed by atoms with van der Waals surface area (Å²) in [5, 5.41) is 0. The Morgan fingerprint density at radius 3 is 2.79 bits per heavy atom. The molecule has 4 rings (SSSR count). The van der Waals surface area contributed by atoms with Gasteiger partial charge < -0.3 is 9.47 Å². The highest BCUT2D eigenvalue weighted by Crippen LogP contribution is 2.33. The van der Waals surface area contributed by atoms with Crippen molar-refractivity contribution in [2.45, 2.75) is 12.5 Å². The van der Waals surface area contributed by atoms with Crippen molar-refractivity contribution in [2.75, 3.05) is 26.2 Å². The van der Waals surface area contributed by atoms with Crippen molar-refractivity contribution < 1.29 is 13.9 Å². The van der Waals surface area contributed by atoms with Crippen LogP contribution in [0.15, 0.2) is 24.3 Å². The van der Waals surface area contributed by atoms with Gasteiger partial charge in [-0.25, -0.2) is 4.39 Å². The Bertz CT molecular complexity index is 768. The van der Waals surface area contributed by atoms with E-state index in [2.05, 4.69) is 25.5 Å². The molecular formula is C17H16FN3O2S. The lowest BCUT2D eigenvalue weighted by atomic mass is 10.0. The van der Waals surface area contributed by atoms with Crippen molar-refractivity contribution in [3.8, 4) is 23.6 Å². The fourth-order valence-corrected chi connectivity index (χ4v) is 3.56. The summed E-state index contributed by atoms with van der Waals surface area (Å²) in [5.41, 5.74) is 0.740. The second-order valence-electron chi connectivity index (χ2n) is 5.94. The van der Waals surface area contributed by atoms with Gasteiger partial charge in [0.05, 0.1) is 11.7 Å². The lowest BCUT2D eigenvalue weighted by Crippen LogP contribution is -2.32. The summed E-state index contributed by atoms with van der Waals surface area (Å²) in [6, 6.07) is 6.02. The average Bonchev–Trinajstić information content (AvgIpc) is 3.31. The van der Waals surface area contributed by atoms with Crippen molar-refractivity contribution in [1.82, 2.24) is 13.6 Å². The first-order valence-electron chi connectivity index (χ1n) is 7.87. The normalized spacial score (nSPS) is 24.5. The first kappa shape index (κ1) is 15.4. The Balaban J connectivity index is 1.33. The maximum Gasteiger partial charge on any atom is 0.292 e. The van der Waals surface area contributed by atoms with E-state index in [1.807, 2.05) is 0 Å². The maximum atomic E-state index is 12.8. The van der Waals surface area contributed by atoms with Crippen LogP contribution in [0, 0.1) is 23.6 Å². The molecule has 5 nitrogen and oxygen atoms in total. The number of ether oxygens (including phenoxy) is 2. The molecule has 124 valence electrons. The fraction of sp³-hybridized carbons (Fsp3) is 0.412. The van der Waals surface area contributed by atoms with Gasteiger partial charge in [0, 0.05) is 24.6 Å². The van der Waals surface area contributed by atoms with Crippen LogP contribution in [0.3, 0.4) is 0 Å². The van der Waals surface area contributed by atoms with Gasteiger partial charge in [0.25, 0.3) is 11.8 Å². The van der Waals surface area contributed by atoms with Gasteiger partial charge in [0.15, 0.2) is 6.61 Å². The zero-order chi connectivity index (χ0) is 16.4. The standard InChI is InChI=1S/C17H16FN3O2S/c18-14-5-3-12(4-6-14)2-1-9-22-16-17(20-24-19-16)23-15-11-21-8-7-13(15)10-21/h3-6,13,15H,7-11H2/t13?,15-/m0/s1. The van der Waals surface area contributed by atoms with E-state index in [9.17, 15) is 4.39 Å². The smallest absolute Gasteiger partial charge is 0.292 e. The minimum absolute atomic E-state index is 0.176. The highest BCUT2D eigenvalue weighted by atomic mass is 32.1. The number of halogens is 1. The number of fused-ring (bicyclic) bond motifs is 2. The molecule has 3 heterocycles. The largest absolute Gasteiger partial charge is 0.468 e. The number of benzene rings is 1. The molecule has 2 bridgehead atoms. The van der Waals surface area contributed by atoms with Crippen LogP contribution in [0.5, 0.6) is 11.8 Å². The molecule has 0 radical (unpaired) electrons. The van der Waals surface area contributed by atoms with Gasteiger partial charge in [-0.2, -0.15) is 0 Å². The molecule has 0 N–H and O–H groups in total. The number of hydrogen-bond donors (Lipinski definition) is 0. The lowest BCUT2D eigenvalue weighted by Gasteiger charge is -2.22. The van der Waals surface area contributed by atoms with E-state index in [0.29, 0.717) is 17.7 Å². The molecular weight excluding hydrogens is 329 g/mol. The van der Waals surface area contributed by atoms with E-state index in [4.69, 9.17) is 9.47 Å². The van der Waals surface area contributed by atoms with Crippen LogP contribution < -0.4 is 9.47 Å². The van der Waals surface area contributed by atoms with Crippen molar-refractivity contribution >= 4 is 11.7 Å². The Morgan fingerprint density at radius 1 is 1.21 bits per heavy atom. The van der Waals surface area contributed by atoms with Gasteiger partial charge in [-0.15, -0.1) is 8.75 Å². The summed E-state index contributed by atoms with van der Waals surface area (Å²) in [6.07, 6.45) is 1.36. The van der Waals surface area contributed by atoms with E-state index in [1.54, 1.807) is 12.1 Å². The van der Waals surface area contributed by atoms with Crippen LogP contribution in [-0.4, -0.2) is 46.0 Å². The number of nitrogens with zero attached hydrogens (tertiary/aromatic N) is 3. The third kappa shape index (κ3) is 3.35. The van der Waals surface area contributed by atoms with Crippen LogP contribution in [0.25, 0.3) is 0 Å². The molecule has 2 aromatic rings. The van der Waals surface area contributed by atoms with E-state index in [1.165, 1.54) is 25.1 Å². The van der Waals surface area contributed by atoms with Crippen molar-refractivity contribution in [1.29, 1.82) is 0 Å². The lowest BCUT2D eigenvalue weighted by molar-refractivity contribution is 0.131. The number of rotatable bonds is 4. The first-order chi connectivity index (χ1) is 11.8. The topological polar surface area (TPSA) is 47.5 Å². The van der Waals surface area contributed by atoms with Gasteiger partial charge in [0.1, 0.15) is 11.9 Å². The minimum Gasteiger partial charge on any atom is -0.468 e. The van der Waals surface area contributed by atoms with E-state index in [-0.39, 0.29) is 18.5 Å². The summed E-state index contributed by atoms with van der Waals surface area (Å²) in [4.78, 5) is 2.41. The second-order valence-corrected chi connectivity index (χ2v) is 6.46. The summed E-state index contributed by atoms with van der Waals surface area (Å²) in [6.45, 7) is 3.41. The Labute approximate surface area is 143 Å². The fourth-order valence-electron chi connectivity index (χ4n) is 3.12. The number of aromatic nitrogens is 2. The van der Waals surface area contributed by atoms with Gasteiger partial charge in [0.2, 0.25) is 0 Å². The zero-order valence-corrected chi connectivity index (χ0v) is 13.8. The molecule has 0 amide bonds. The molecule has 2 saturated heterocycles. The predicted octanol–water partition coefficient (Wildman–Crippen LogP) is 2.19. The van der Waals surface area contributed by atoms with Gasteiger partial charge in [-0.1, -0.05) is 11.8 Å². The first-order valence-corrected chi connectivity index (χ1v) is 8.60. The molecule has 3 atom stereocenters. The van der Waals surface area contributed by atoms with E-state index >= 15 is 0 Å². The molecule has 0 saturated carbocycles. The summed E-state index contributed by atoms with van der Waals surface area (Å²) in [7, 11) is 0. The second kappa shape index (κ2) is 6.75. The highest BCUT2D eigenvalue weighted by Gasteiger charge is 2.40. The summed E-state index contributed by atoms with van der Waals surface area (Å²) in [5.74, 6) is 6.96. The van der Waals surface area contributed by atoms with Crippen LogP contribution in [0.1, 0.15) is 12.0 Å². The van der Waals surface area contributed by atoms with Crippen molar-refractivity contribution in [2.24, 2.45) is 5.92 Å². The van der Waals surface area contributed by atoms with Crippen LogP contribution in [-0.2, 0) is 0 Å². The third-order valence-electron chi connectivity index (χ3n) is 4.32. The highest BCUT2D eigenvalue weighted by molar-refractivity contribution is 6.99. The molecule has 0 aliphatic carbocycles. The van der Waals surface area contributed by atoms with Crippen molar-refractivity contribution in [3.63, 3.8) is 0 Å². The van der Waals surface area contributed by atoms with Gasteiger partial charge in [-0.05, 0) is 37.2 Å². The SMILES string of the molecule is Fc1ccc(C#CCOc2nsnc2O[C@H]2CN3CCC2C3)cc1. The van der Waals surface area contributed by atoms with Crippen LogP contribution in [0.4, 0.5) is 4.39 Å². The molecule has 2 unspecified atom stereocenters. The predicted molar refractivity (Wildman–Crippen MR) is 87.6 cm³/mol. The number of hydrogen-bond acceptors (Lipinski definition) is 6. The van der Waals surface area contributed by atoms with E-state index in [0.717, 1.165) is 30.4 Å². The molecule has 2 aliphatic rings. The quantitative estimate of drug-likeness (QED) is 0.795. The maximum absolute atomic E-state index is 12.8. The van der Waals surface area contributed by atoms with Gasteiger partial charge in [-0.3, -0.25) is 4.90 Å². The zero-order valence-electron chi connectivity index (χ0n) is 12.9. The molecule has 24 heavy (non-hydrogen) atoms. The Hall–Kier alpha value is -2.17. The van der Waals surface area contributed by atoms with Gasteiger partial charge >= 0.3 is 0 Å². The molecule has 7 heteroatoms. The monoisotopic (exact) mass is 345 g/mol. The van der Waals surface area contributed by atoms with E-state index < -0.39 is 0 Å². The van der Waals surface area contributed by atoms with Crippen LogP contribution >= 0.6 is 11.7 Å².